The normalized spacial score (nSPS) is 13.6. The minimum Gasteiger partial charge on any atom is -0.382 e. The number of rotatable bonds is 2. The molecule has 0 bridgehead atoms. The van der Waals surface area contributed by atoms with Gasteiger partial charge in [-0.1, -0.05) is 6.07 Å². The van der Waals surface area contributed by atoms with Gasteiger partial charge in [0.25, 0.3) is 0 Å². The molecule has 7 heteroatoms. The zero-order valence-corrected chi connectivity index (χ0v) is 9.82. The van der Waals surface area contributed by atoms with Gasteiger partial charge < -0.3 is 5.11 Å². The molecule has 0 saturated heterocycles. The van der Waals surface area contributed by atoms with Crippen LogP contribution in [0, 0.1) is 5.82 Å². The van der Waals surface area contributed by atoms with Crippen LogP contribution in [0.3, 0.4) is 0 Å². The lowest BCUT2D eigenvalue weighted by Gasteiger charge is -2.12. The number of hydrogen-bond donors (Lipinski definition) is 1. The predicted octanol–water partition coefficient (Wildman–Crippen LogP) is 2.66. The summed E-state index contributed by atoms with van der Waals surface area (Å²) in [5.74, 6) is -1.42. The standard InChI is InChI=1S/C12H10F4N2O/c1-18-5-4-10(17-18)11(19)7-2-3-8(9(13)6-7)12(14,15)16/h2-6,11,19H,1H3. The quantitative estimate of drug-likeness (QED) is 0.855. The molecule has 0 aliphatic heterocycles. The first-order valence-electron chi connectivity index (χ1n) is 5.33. The minimum atomic E-state index is -4.75. The molecule has 0 aliphatic carbocycles. The van der Waals surface area contributed by atoms with Crippen LogP contribution in [0.1, 0.15) is 22.9 Å². The molecule has 0 radical (unpaired) electrons. The maximum atomic E-state index is 13.4. The van der Waals surface area contributed by atoms with Crippen molar-refractivity contribution in [3.8, 4) is 0 Å². The molecule has 0 amide bonds. The van der Waals surface area contributed by atoms with Crippen molar-refractivity contribution in [1.29, 1.82) is 0 Å². The molecule has 1 aromatic heterocycles. The molecule has 1 aromatic carbocycles. The fourth-order valence-corrected chi connectivity index (χ4v) is 1.68. The Kier molecular flexibility index (Phi) is 3.32. The number of aliphatic hydroxyl groups excluding tert-OH is 1. The lowest BCUT2D eigenvalue weighted by molar-refractivity contribution is -0.140. The van der Waals surface area contributed by atoms with Crippen LogP contribution in [0.15, 0.2) is 30.5 Å². The SMILES string of the molecule is Cn1ccc(C(O)c2ccc(C(F)(F)F)c(F)c2)n1. The highest BCUT2D eigenvalue weighted by Gasteiger charge is 2.34. The van der Waals surface area contributed by atoms with Crippen molar-refractivity contribution in [2.75, 3.05) is 0 Å². The van der Waals surface area contributed by atoms with E-state index < -0.39 is 23.7 Å². The minimum absolute atomic E-state index is 0.0178. The Morgan fingerprint density at radius 3 is 2.42 bits per heavy atom. The lowest BCUT2D eigenvalue weighted by Crippen LogP contribution is -2.10. The van der Waals surface area contributed by atoms with E-state index in [0.29, 0.717) is 12.1 Å². The van der Waals surface area contributed by atoms with Gasteiger partial charge >= 0.3 is 6.18 Å². The van der Waals surface area contributed by atoms with Crippen molar-refractivity contribution in [1.82, 2.24) is 9.78 Å². The molecule has 1 N–H and O–H groups in total. The van der Waals surface area contributed by atoms with Crippen LogP contribution in [0.2, 0.25) is 0 Å². The maximum Gasteiger partial charge on any atom is 0.419 e. The number of alkyl halides is 3. The van der Waals surface area contributed by atoms with Crippen molar-refractivity contribution in [2.45, 2.75) is 12.3 Å². The van der Waals surface area contributed by atoms with E-state index >= 15 is 0 Å². The summed E-state index contributed by atoms with van der Waals surface area (Å²) in [4.78, 5) is 0. The van der Waals surface area contributed by atoms with Crippen LogP contribution >= 0.6 is 0 Å². The van der Waals surface area contributed by atoms with Gasteiger partial charge in [-0.3, -0.25) is 4.68 Å². The zero-order valence-electron chi connectivity index (χ0n) is 9.82. The second kappa shape index (κ2) is 4.65. The molecule has 1 heterocycles. The molecule has 1 unspecified atom stereocenters. The van der Waals surface area contributed by atoms with Gasteiger partial charge in [-0.25, -0.2) is 4.39 Å². The highest BCUT2D eigenvalue weighted by molar-refractivity contribution is 5.31. The molecule has 1 atom stereocenters. The van der Waals surface area contributed by atoms with Crippen molar-refractivity contribution in [3.63, 3.8) is 0 Å². The second-order valence-electron chi connectivity index (χ2n) is 4.05. The van der Waals surface area contributed by atoms with Crippen molar-refractivity contribution in [3.05, 3.63) is 53.1 Å². The van der Waals surface area contributed by atoms with Crippen LogP contribution in [-0.2, 0) is 13.2 Å². The molecule has 102 valence electrons. The number of hydrogen-bond acceptors (Lipinski definition) is 2. The summed E-state index contributed by atoms with van der Waals surface area (Å²) in [5, 5.41) is 13.8. The average molecular weight is 274 g/mol. The first kappa shape index (κ1) is 13.5. The summed E-state index contributed by atoms with van der Waals surface area (Å²) < 4.78 is 52.0. The molecule has 19 heavy (non-hydrogen) atoms. The van der Waals surface area contributed by atoms with Gasteiger partial charge in [0.05, 0.1) is 11.3 Å². The van der Waals surface area contributed by atoms with Crippen molar-refractivity contribution in [2.24, 2.45) is 7.05 Å². The molecule has 2 rings (SSSR count). The number of aryl methyl sites for hydroxylation is 1. The van der Waals surface area contributed by atoms with Gasteiger partial charge in [-0.2, -0.15) is 18.3 Å². The Balaban J connectivity index is 2.35. The van der Waals surface area contributed by atoms with Gasteiger partial charge in [0.1, 0.15) is 11.9 Å². The summed E-state index contributed by atoms with van der Waals surface area (Å²) >= 11 is 0. The maximum absolute atomic E-state index is 13.4. The van der Waals surface area contributed by atoms with E-state index in [1.807, 2.05) is 0 Å². The number of aromatic nitrogens is 2. The summed E-state index contributed by atoms with van der Waals surface area (Å²) in [6.45, 7) is 0. The number of benzene rings is 1. The Bertz CT molecular complexity index is 592. The smallest absolute Gasteiger partial charge is 0.382 e. The molecule has 0 spiro atoms. The largest absolute Gasteiger partial charge is 0.419 e. The van der Waals surface area contributed by atoms with Crippen LogP contribution in [0.5, 0.6) is 0 Å². The van der Waals surface area contributed by atoms with E-state index in [0.717, 1.165) is 6.07 Å². The van der Waals surface area contributed by atoms with Crippen LogP contribution in [0.25, 0.3) is 0 Å². The van der Waals surface area contributed by atoms with E-state index in [9.17, 15) is 22.7 Å². The van der Waals surface area contributed by atoms with E-state index in [1.165, 1.54) is 10.7 Å². The average Bonchev–Trinajstić information content (AvgIpc) is 2.73. The fourth-order valence-electron chi connectivity index (χ4n) is 1.68. The van der Waals surface area contributed by atoms with Gasteiger partial charge in [-0.15, -0.1) is 0 Å². The lowest BCUT2D eigenvalue weighted by atomic mass is 10.0. The van der Waals surface area contributed by atoms with E-state index in [4.69, 9.17) is 0 Å². The van der Waals surface area contributed by atoms with Crippen molar-refractivity contribution < 1.29 is 22.7 Å². The predicted molar refractivity (Wildman–Crippen MR) is 58.7 cm³/mol. The van der Waals surface area contributed by atoms with Crippen molar-refractivity contribution >= 4 is 0 Å². The molecule has 0 fully saturated rings. The van der Waals surface area contributed by atoms with Crippen LogP contribution in [0.4, 0.5) is 17.6 Å². The van der Waals surface area contributed by atoms with Crippen LogP contribution in [-0.4, -0.2) is 14.9 Å². The third-order valence-corrected chi connectivity index (χ3v) is 2.63. The Labute approximate surface area is 106 Å². The monoisotopic (exact) mass is 274 g/mol. The molecular weight excluding hydrogens is 264 g/mol. The van der Waals surface area contributed by atoms with Crippen LogP contribution < -0.4 is 0 Å². The molecule has 2 aromatic rings. The van der Waals surface area contributed by atoms with E-state index in [1.54, 1.807) is 13.2 Å². The highest BCUT2D eigenvalue weighted by Crippen LogP contribution is 2.33. The Hall–Kier alpha value is -1.89. The number of aliphatic hydroxyl groups is 1. The first-order valence-corrected chi connectivity index (χ1v) is 5.33. The summed E-state index contributed by atoms with van der Waals surface area (Å²) in [5.41, 5.74) is -1.10. The Morgan fingerprint density at radius 1 is 1.26 bits per heavy atom. The second-order valence-corrected chi connectivity index (χ2v) is 4.05. The van der Waals surface area contributed by atoms with Gasteiger partial charge in [-0.05, 0) is 23.8 Å². The molecular formula is C12H10F4N2O. The van der Waals surface area contributed by atoms with E-state index in [2.05, 4.69) is 5.10 Å². The third-order valence-electron chi connectivity index (χ3n) is 2.63. The molecule has 0 saturated carbocycles. The van der Waals surface area contributed by atoms with E-state index in [-0.39, 0.29) is 11.3 Å². The van der Waals surface area contributed by atoms with Gasteiger partial charge in [0, 0.05) is 13.2 Å². The number of halogens is 4. The zero-order chi connectivity index (χ0) is 14.2. The van der Waals surface area contributed by atoms with Gasteiger partial charge in [0.2, 0.25) is 0 Å². The third kappa shape index (κ3) is 2.76. The summed E-state index contributed by atoms with van der Waals surface area (Å²) in [7, 11) is 1.63. The fraction of sp³-hybridized carbons (Fsp3) is 0.250. The molecule has 0 aliphatic rings. The molecule has 3 nitrogen and oxygen atoms in total. The topological polar surface area (TPSA) is 38.0 Å². The highest BCUT2D eigenvalue weighted by atomic mass is 19.4. The first-order chi connectivity index (χ1) is 8.79. The van der Waals surface area contributed by atoms with Gasteiger partial charge in [0.15, 0.2) is 0 Å². The number of nitrogens with zero attached hydrogens (tertiary/aromatic N) is 2. The Morgan fingerprint density at radius 2 is 1.95 bits per heavy atom. The summed E-state index contributed by atoms with van der Waals surface area (Å²) in [6.07, 6.45) is -4.45. The summed E-state index contributed by atoms with van der Waals surface area (Å²) in [6, 6.07) is 3.81.